The molecule has 0 amide bonds. The number of nitrogens with two attached hydrogens (primary N) is 2. The second kappa shape index (κ2) is 10.3. The van der Waals surface area contributed by atoms with Crippen molar-refractivity contribution in [3.05, 3.63) is 6.33 Å². The number of aromatic nitrogens is 2. The first-order chi connectivity index (χ1) is 6.04. The Morgan fingerprint density at radius 2 is 2.23 bits per heavy atom. The number of aliphatic carboxylic acids is 1. The number of nitrogens with one attached hydrogen (secondary N) is 1. The third-order valence-electron chi connectivity index (χ3n) is 0.378. The SMILES string of the molecule is CC(=O)O.N=CN.Nc1ncns1. The Hall–Kier alpha value is -1.70. The summed E-state index contributed by atoms with van der Waals surface area (Å²) in [6.07, 6.45) is 2.18. The van der Waals surface area contributed by atoms with Crippen LogP contribution in [0.5, 0.6) is 0 Å². The minimum absolute atomic E-state index is 0.523. The van der Waals surface area contributed by atoms with Gasteiger partial charge in [0.2, 0.25) is 0 Å². The topological polar surface area (TPSA) is 139 Å². The van der Waals surface area contributed by atoms with E-state index in [1.54, 1.807) is 0 Å². The molecule has 6 N–H and O–H groups in total. The van der Waals surface area contributed by atoms with E-state index in [9.17, 15) is 0 Å². The molecule has 0 aliphatic rings. The molecule has 0 saturated heterocycles. The molecule has 8 heteroatoms. The van der Waals surface area contributed by atoms with E-state index in [0.29, 0.717) is 5.13 Å². The van der Waals surface area contributed by atoms with E-state index in [0.717, 1.165) is 13.3 Å². The maximum atomic E-state index is 9.00. The van der Waals surface area contributed by atoms with E-state index in [1.807, 2.05) is 0 Å². The fourth-order valence-electron chi connectivity index (χ4n) is 0.182. The van der Waals surface area contributed by atoms with Crippen LogP contribution in [0.2, 0.25) is 0 Å². The van der Waals surface area contributed by atoms with Crippen molar-refractivity contribution < 1.29 is 9.90 Å². The van der Waals surface area contributed by atoms with E-state index < -0.39 is 5.97 Å². The van der Waals surface area contributed by atoms with Crippen LogP contribution in [-0.4, -0.2) is 26.8 Å². The Morgan fingerprint density at radius 3 is 2.31 bits per heavy atom. The highest BCUT2D eigenvalue weighted by molar-refractivity contribution is 7.09. The van der Waals surface area contributed by atoms with Gasteiger partial charge in [0, 0.05) is 18.5 Å². The summed E-state index contributed by atoms with van der Waals surface area (Å²) in [5, 5.41) is 13.8. The summed E-state index contributed by atoms with van der Waals surface area (Å²) >= 11 is 1.19. The molecule has 0 bridgehead atoms. The number of hydrogen-bond donors (Lipinski definition) is 4. The van der Waals surface area contributed by atoms with Gasteiger partial charge in [-0.1, -0.05) is 0 Å². The largest absolute Gasteiger partial charge is 0.481 e. The Kier molecular flexibility index (Phi) is 11.0. The van der Waals surface area contributed by atoms with E-state index in [1.165, 1.54) is 17.9 Å². The third kappa shape index (κ3) is 25.3. The van der Waals surface area contributed by atoms with Crippen molar-refractivity contribution in [1.29, 1.82) is 5.41 Å². The molecule has 0 atom stereocenters. The highest BCUT2D eigenvalue weighted by Gasteiger charge is 1.78. The zero-order valence-corrected chi connectivity index (χ0v) is 7.78. The zero-order valence-electron chi connectivity index (χ0n) is 6.97. The molecule has 0 fully saturated rings. The molecular formula is C5H11N5O2S. The lowest BCUT2D eigenvalue weighted by Gasteiger charge is -1.64. The number of nitrogen functional groups attached to an aromatic ring is 1. The number of nitrogens with zero attached hydrogens (tertiary/aromatic N) is 2. The van der Waals surface area contributed by atoms with E-state index >= 15 is 0 Å². The van der Waals surface area contributed by atoms with Gasteiger partial charge in [-0.3, -0.25) is 10.2 Å². The van der Waals surface area contributed by atoms with Crippen LogP contribution in [0.3, 0.4) is 0 Å². The second-order valence-corrected chi connectivity index (χ2v) is 2.28. The molecule has 13 heavy (non-hydrogen) atoms. The molecule has 1 aromatic heterocycles. The average Bonchev–Trinajstić information content (AvgIpc) is 2.39. The van der Waals surface area contributed by atoms with Gasteiger partial charge in [0.1, 0.15) is 6.33 Å². The highest BCUT2D eigenvalue weighted by Crippen LogP contribution is 1.96. The van der Waals surface area contributed by atoms with Crippen molar-refractivity contribution in [1.82, 2.24) is 9.36 Å². The summed E-state index contributed by atoms with van der Waals surface area (Å²) in [5.74, 6) is -0.833. The third-order valence-corrected chi connectivity index (χ3v) is 0.871. The van der Waals surface area contributed by atoms with Crippen LogP contribution in [0.4, 0.5) is 5.13 Å². The molecule has 1 heterocycles. The minimum Gasteiger partial charge on any atom is -0.481 e. The molecule has 0 aromatic carbocycles. The van der Waals surface area contributed by atoms with Crippen molar-refractivity contribution in [2.24, 2.45) is 5.73 Å². The van der Waals surface area contributed by atoms with Gasteiger partial charge in [-0.2, -0.15) is 4.37 Å². The average molecular weight is 205 g/mol. The summed E-state index contributed by atoms with van der Waals surface area (Å²) in [4.78, 5) is 12.6. The molecule has 0 saturated carbocycles. The zero-order chi connectivity index (χ0) is 10.7. The molecule has 74 valence electrons. The predicted molar refractivity (Wildman–Crippen MR) is 50.6 cm³/mol. The van der Waals surface area contributed by atoms with Crippen molar-refractivity contribution in [2.45, 2.75) is 6.92 Å². The van der Waals surface area contributed by atoms with Crippen LogP contribution in [0.25, 0.3) is 0 Å². The number of anilines is 1. The molecule has 7 nitrogen and oxygen atoms in total. The predicted octanol–water partition coefficient (Wildman–Crippen LogP) is -0.237. The van der Waals surface area contributed by atoms with E-state index in [4.69, 9.17) is 21.0 Å². The smallest absolute Gasteiger partial charge is 0.300 e. The summed E-state index contributed by atoms with van der Waals surface area (Å²) in [6.45, 7) is 1.08. The van der Waals surface area contributed by atoms with E-state index in [2.05, 4.69) is 15.1 Å². The van der Waals surface area contributed by atoms with Gasteiger partial charge in [-0.15, -0.1) is 0 Å². The summed E-state index contributed by atoms with van der Waals surface area (Å²) in [5.41, 5.74) is 9.51. The maximum Gasteiger partial charge on any atom is 0.300 e. The number of carbonyl (C=O) groups is 1. The summed E-state index contributed by atoms with van der Waals surface area (Å²) in [6, 6.07) is 0. The van der Waals surface area contributed by atoms with Crippen molar-refractivity contribution >= 4 is 29.0 Å². The van der Waals surface area contributed by atoms with Crippen LogP contribution < -0.4 is 11.5 Å². The summed E-state index contributed by atoms with van der Waals surface area (Å²) < 4.78 is 3.63. The van der Waals surface area contributed by atoms with Crippen molar-refractivity contribution in [3.63, 3.8) is 0 Å². The Balaban J connectivity index is 0. The summed E-state index contributed by atoms with van der Waals surface area (Å²) in [7, 11) is 0. The van der Waals surface area contributed by atoms with Crippen LogP contribution in [-0.2, 0) is 4.79 Å². The van der Waals surface area contributed by atoms with E-state index in [-0.39, 0.29) is 0 Å². The van der Waals surface area contributed by atoms with Crippen LogP contribution in [0, 0.1) is 5.41 Å². The van der Waals surface area contributed by atoms with Gasteiger partial charge in [0.15, 0.2) is 5.13 Å². The van der Waals surface area contributed by atoms with Gasteiger partial charge < -0.3 is 16.6 Å². The second-order valence-electron chi connectivity index (χ2n) is 1.47. The molecule has 1 rings (SSSR count). The lowest BCUT2D eigenvalue weighted by Crippen LogP contribution is -1.81. The lowest BCUT2D eigenvalue weighted by molar-refractivity contribution is -0.134. The minimum atomic E-state index is -0.833. The van der Waals surface area contributed by atoms with Gasteiger partial charge >= 0.3 is 0 Å². The maximum absolute atomic E-state index is 9.00. The van der Waals surface area contributed by atoms with Crippen LogP contribution in [0.1, 0.15) is 6.92 Å². The molecule has 0 spiro atoms. The first-order valence-electron chi connectivity index (χ1n) is 2.97. The standard InChI is InChI=1S/C2H3N3S.C2H4O2.CH4N2/c3-2-4-1-5-6-2;1-2(3)4;2-1-3/h1H,(H2,3,4,5);1H3,(H,3,4);1H,(H3,2,3). The first kappa shape index (κ1) is 13.9. The Bertz CT molecular complexity index is 221. The normalized spacial score (nSPS) is 6.85. The van der Waals surface area contributed by atoms with Crippen LogP contribution >= 0.6 is 11.5 Å². The number of carboxylic acids is 1. The Labute approximate surface area is 79.1 Å². The van der Waals surface area contributed by atoms with Crippen LogP contribution in [0.15, 0.2) is 6.33 Å². The van der Waals surface area contributed by atoms with Gasteiger partial charge in [-0.25, -0.2) is 4.98 Å². The lowest BCUT2D eigenvalue weighted by atomic mass is 10.9. The molecule has 0 radical (unpaired) electrons. The highest BCUT2D eigenvalue weighted by atomic mass is 32.1. The number of rotatable bonds is 0. The van der Waals surface area contributed by atoms with Gasteiger partial charge in [0.05, 0.1) is 6.34 Å². The molecule has 0 unspecified atom stereocenters. The molecule has 0 aliphatic carbocycles. The quantitative estimate of drug-likeness (QED) is 0.340. The van der Waals surface area contributed by atoms with Crippen molar-refractivity contribution in [3.8, 4) is 0 Å². The molecule has 0 aliphatic heterocycles. The first-order valence-corrected chi connectivity index (χ1v) is 3.74. The number of carboxylic acid groups (broad SMARTS) is 1. The molecule has 1 aromatic rings. The fourth-order valence-corrected chi connectivity index (χ4v) is 0.478. The van der Waals surface area contributed by atoms with Gasteiger partial charge in [-0.05, 0) is 0 Å². The molecular weight excluding hydrogens is 194 g/mol. The monoisotopic (exact) mass is 205 g/mol. The Morgan fingerprint density at radius 1 is 1.85 bits per heavy atom. The number of hydrogen-bond acceptors (Lipinski definition) is 6. The fraction of sp³-hybridized carbons (Fsp3) is 0.200. The van der Waals surface area contributed by atoms with Gasteiger partial charge in [0.25, 0.3) is 5.97 Å². The van der Waals surface area contributed by atoms with Crippen molar-refractivity contribution in [2.75, 3.05) is 5.73 Å².